The van der Waals surface area contributed by atoms with E-state index < -0.39 is 5.91 Å². The molecule has 0 radical (unpaired) electrons. The van der Waals surface area contributed by atoms with Gasteiger partial charge in [-0.2, -0.15) is 0 Å². The molecule has 1 heterocycles. The van der Waals surface area contributed by atoms with Crippen LogP contribution in [0.15, 0.2) is 24.3 Å². The van der Waals surface area contributed by atoms with Gasteiger partial charge in [0.1, 0.15) is 0 Å². The number of hydrogen-bond acceptors (Lipinski definition) is 3. The standard InChI is InChI=1S/C12H16N2O2/c1-3-15-12(16-4-2)10-8-6-5-7-9(10)11(13)14-12/h5-8H,3-4H2,1-2H3,(H2,13,14)/p+1. The van der Waals surface area contributed by atoms with Gasteiger partial charge in [0.15, 0.2) is 0 Å². The lowest BCUT2D eigenvalue weighted by Gasteiger charge is -2.23. The molecule has 0 aromatic heterocycles. The molecule has 0 bridgehead atoms. The number of fused-ring (bicyclic) bond motifs is 1. The molecular weight excluding hydrogens is 204 g/mol. The maximum atomic E-state index is 5.93. The number of nitrogens with one attached hydrogen (secondary N) is 1. The van der Waals surface area contributed by atoms with Crippen LogP contribution in [0.5, 0.6) is 0 Å². The summed E-state index contributed by atoms with van der Waals surface area (Å²) in [5, 5.41) is 0. The Bertz CT molecular complexity index is 409. The maximum absolute atomic E-state index is 5.93. The number of benzene rings is 1. The van der Waals surface area contributed by atoms with Crippen molar-refractivity contribution in [2.75, 3.05) is 13.2 Å². The fraction of sp³-hybridized carbons (Fsp3) is 0.417. The van der Waals surface area contributed by atoms with Gasteiger partial charge in [-0.05, 0) is 26.0 Å². The maximum Gasteiger partial charge on any atom is 0.350 e. The van der Waals surface area contributed by atoms with Crippen molar-refractivity contribution < 1.29 is 14.5 Å². The number of ether oxygens (including phenoxy) is 2. The van der Waals surface area contributed by atoms with Crippen LogP contribution in [0.1, 0.15) is 25.0 Å². The average molecular weight is 221 g/mol. The lowest BCUT2D eigenvalue weighted by Crippen LogP contribution is -2.85. The predicted octanol–water partition coefficient (Wildman–Crippen LogP) is -0.331. The zero-order valence-electron chi connectivity index (χ0n) is 9.62. The normalized spacial score (nSPS) is 17.0. The fourth-order valence-corrected chi connectivity index (χ4v) is 1.99. The van der Waals surface area contributed by atoms with Gasteiger partial charge < -0.3 is 9.47 Å². The molecule has 1 aliphatic rings. The van der Waals surface area contributed by atoms with Crippen LogP contribution in [0.4, 0.5) is 0 Å². The first-order valence-electron chi connectivity index (χ1n) is 5.52. The van der Waals surface area contributed by atoms with Crippen LogP contribution in [-0.4, -0.2) is 19.0 Å². The van der Waals surface area contributed by atoms with Crippen molar-refractivity contribution in [2.24, 2.45) is 5.73 Å². The molecule has 1 aliphatic heterocycles. The highest BCUT2D eigenvalue weighted by Crippen LogP contribution is 2.25. The first kappa shape index (κ1) is 11.1. The minimum Gasteiger partial charge on any atom is -0.311 e. The molecule has 16 heavy (non-hydrogen) atoms. The van der Waals surface area contributed by atoms with Gasteiger partial charge in [0.05, 0.1) is 24.3 Å². The zero-order valence-corrected chi connectivity index (χ0v) is 9.62. The Morgan fingerprint density at radius 3 is 2.44 bits per heavy atom. The quantitative estimate of drug-likeness (QED) is 0.684. The van der Waals surface area contributed by atoms with Gasteiger partial charge in [-0.3, -0.25) is 5.73 Å². The van der Waals surface area contributed by atoms with Crippen molar-refractivity contribution in [3.05, 3.63) is 35.4 Å². The molecule has 1 aromatic carbocycles. The molecular formula is C12H17N2O2+. The van der Waals surface area contributed by atoms with E-state index in [1.54, 1.807) is 0 Å². The Kier molecular flexibility index (Phi) is 2.94. The molecule has 2 rings (SSSR count). The number of nitrogens with two attached hydrogens (primary N) is 1. The van der Waals surface area contributed by atoms with E-state index in [1.807, 2.05) is 38.1 Å². The van der Waals surface area contributed by atoms with Crippen LogP contribution >= 0.6 is 0 Å². The van der Waals surface area contributed by atoms with Crippen LogP contribution in [0.25, 0.3) is 0 Å². The third kappa shape index (κ3) is 1.60. The first-order chi connectivity index (χ1) is 7.73. The van der Waals surface area contributed by atoms with Crippen molar-refractivity contribution in [2.45, 2.75) is 19.8 Å². The second-order valence-corrected chi connectivity index (χ2v) is 3.57. The van der Waals surface area contributed by atoms with Gasteiger partial charge in [0, 0.05) is 0 Å². The zero-order chi connectivity index (χ0) is 11.6. The summed E-state index contributed by atoms with van der Waals surface area (Å²) in [4.78, 5) is 3.08. The lowest BCUT2D eigenvalue weighted by atomic mass is 10.1. The molecule has 0 saturated heterocycles. The fourth-order valence-electron chi connectivity index (χ4n) is 1.99. The highest BCUT2D eigenvalue weighted by atomic mass is 16.7. The molecule has 0 fully saturated rings. The average Bonchev–Trinajstić information content (AvgIpc) is 2.55. The number of amidine groups is 1. The van der Waals surface area contributed by atoms with E-state index in [9.17, 15) is 0 Å². The molecule has 0 atom stereocenters. The van der Waals surface area contributed by atoms with E-state index in [-0.39, 0.29) is 0 Å². The van der Waals surface area contributed by atoms with Gasteiger partial charge >= 0.3 is 5.91 Å². The number of rotatable bonds is 4. The van der Waals surface area contributed by atoms with Crippen LogP contribution < -0.4 is 10.7 Å². The summed E-state index contributed by atoms with van der Waals surface area (Å²) in [5.41, 5.74) is 7.82. The Morgan fingerprint density at radius 2 is 1.81 bits per heavy atom. The van der Waals surface area contributed by atoms with Gasteiger partial charge in [0.2, 0.25) is 0 Å². The highest BCUT2D eigenvalue weighted by Gasteiger charge is 2.45. The smallest absolute Gasteiger partial charge is 0.311 e. The summed E-state index contributed by atoms with van der Waals surface area (Å²) in [6.07, 6.45) is 0. The summed E-state index contributed by atoms with van der Waals surface area (Å²) in [7, 11) is 0. The first-order valence-corrected chi connectivity index (χ1v) is 5.52. The number of nitrogen functional groups attached to an aromatic ring is 1. The van der Waals surface area contributed by atoms with Crippen molar-refractivity contribution in [3.8, 4) is 0 Å². The summed E-state index contributed by atoms with van der Waals surface area (Å²) >= 11 is 0. The Labute approximate surface area is 95.1 Å². The molecule has 1 aromatic rings. The molecule has 4 heteroatoms. The van der Waals surface area contributed by atoms with Crippen molar-refractivity contribution in [1.82, 2.24) is 0 Å². The predicted molar refractivity (Wildman–Crippen MR) is 60.6 cm³/mol. The summed E-state index contributed by atoms with van der Waals surface area (Å²) < 4.78 is 11.4. The third-order valence-electron chi connectivity index (χ3n) is 2.57. The van der Waals surface area contributed by atoms with E-state index in [2.05, 4.69) is 4.99 Å². The molecule has 0 spiro atoms. The Morgan fingerprint density at radius 1 is 1.19 bits per heavy atom. The Hall–Kier alpha value is -1.39. The van der Waals surface area contributed by atoms with E-state index in [0.717, 1.165) is 11.1 Å². The molecule has 3 N–H and O–H groups in total. The van der Waals surface area contributed by atoms with E-state index >= 15 is 0 Å². The second-order valence-electron chi connectivity index (χ2n) is 3.57. The lowest BCUT2D eigenvalue weighted by molar-refractivity contribution is -0.695. The minimum absolute atomic E-state index is 0.550. The van der Waals surface area contributed by atoms with E-state index in [0.29, 0.717) is 19.0 Å². The SMILES string of the molecule is CCOC1(OCC)[NH+]=C(N)c2ccccc21. The molecule has 4 nitrogen and oxygen atoms in total. The molecule has 0 unspecified atom stereocenters. The Balaban J connectivity index is 2.48. The van der Waals surface area contributed by atoms with Crippen LogP contribution in [-0.2, 0) is 15.4 Å². The van der Waals surface area contributed by atoms with Crippen LogP contribution in [0.3, 0.4) is 0 Å². The largest absolute Gasteiger partial charge is 0.350 e. The molecule has 86 valence electrons. The summed E-state index contributed by atoms with van der Waals surface area (Å²) in [6.45, 7) is 4.96. The molecule has 0 amide bonds. The monoisotopic (exact) mass is 221 g/mol. The van der Waals surface area contributed by atoms with Gasteiger partial charge in [-0.25, -0.2) is 4.99 Å². The van der Waals surface area contributed by atoms with Crippen LogP contribution in [0.2, 0.25) is 0 Å². The second kappa shape index (κ2) is 4.23. The van der Waals surface area contributed by atoms with Crippen molar-refractivity contribution in [1.29, 1.82) is 0 Å². The summed E-state index contributed by atoms with van der Waals surface area (Å²) in [5.74, 6) is -0.318. The van der Waals surface area contributed by atoms with Gasteiger partial charge in [0.25, 0.3) is 5.84 Å². The highest BCUT2D eigenvalue weighted by molar-refractivity contribution is 5.96. The van der Waals surface area contributed by atoms with Gasteiger partial charge in [-0.1, -0.05) is 12.1 Å². The van der Waals surface area contributed by atoms with Crippen molar-refractivity contribution in [3.63, 3.8) is 0 Å². The third-order valence-corrected chi connectivity index (χ3v) is 2.57. The van der Waals surface area contributed by atoms with Crippen LogP contribution in [0, 0.1) is 0 Å². The topological polar surface area (TPSA) is 58.5 Å². The molecule has 0 saturated carbocycles. The van der Waals surface area contributed by atoms with Gasteiger partial charge in [-0.15, -0.1) is 0 Å². The van der Waals surface area contributed by atoms with E-state index in [4.69, 9.17) is 15.2 Å². The minimum atomic E-state index is -0.913. The summed E-state index contributed by atoms with van der Waals surface area (Å²) in [6, 6.07) is 7.82. The van der Waals surface area contributed by atoms with E-state index in [1.165, 1.54) is 0 Å². The van der Waals surface area contributed by atoms with Crippen molar-refractivity contribution >= 4 is 5.84 Å². The molecule has 0 aliphatic carbocycles. The number of hydrogen-bond donors (Lipinski definition) is 2.